The molecule has 140 valence electrons. The summed E-state index contributed by atoms with van der Waals surface area (Å²) in [6.45, 7) is 4.14. The van der Waals surface area contributed by atoms with E-state index < -0.39 is 0 Å². The lowest BCUT2D eigenvalue weighted by atomic mass is 10.2. The summed E-state index contributed by atoms with van der Waals surface area (Å²) in [4.78, 5) is 26.6. The summed E-state index contributed by atoms with van der Waals surface area (Å²) in [6, 6.07) is 12.7. The van der Waals surface area contributed by atoms with Crippen molar-refractivity contribution >= 4 is 56.5 Å². The molecule has 1 aliphatic rings. The second-order valence-corrected chi connectivity index (χ2v) is 8.53. The van der Waals surface area contributed by atoms with Crippen molar-refractivity contribution in [3.8, 4) is 5.75 Å². The van der Waals surface area contributed by atoms with Gasteiger partial charge in [-0.15, -0.1) is 0 Å². The Hall–Kier alpha value is -1.76. The lowest BCUT2D eigenvalue weighted by Gasteiger charge is -2.12. The maximum absolute atomic E-state index is 12.6. The average molecular weight is 467 g/mol. The number of imide groups is 1. The van der Waals surface area contributed by atoms with Crippen LogP contribution in [0.1, 0.15) is 25.0 Å². The molecule has 0 saturated carbocycles. The van der Waals surface area contributed by atoms with Crippen molar-refractivity contribution in [1.29, 1.82) is 0 Å². The first kappa shape index (κ1) is 20.0. The van der Waals surface area contributed by atoms with Crippen molar-refractivity contribution in [2.45, 2.75) is 26.5 Å². The van der Waals surface area contributed by atoms with Gasteiger partial charge in [0.05, 0.1) is 22.0 Å². The summed E-state index contributed by atoms with van der Waals surface area (Å²) in [5.41, 5.74) is 1.66. The molecule has 0 N–H and O–H groups in total. The zero-order chi connectivity index (χ0) is 19.6. The topological polar surface area (TPSA) is 46.6 Å². The van der Waals surface area contributed by atoms with Crippen molar-refractivity contribution in [3.05, 3.63) is 68.0 Å². The summed E-state index contributed by atoms with van der Waals surface area (Å²) in [5, 5.41) is 0.336. The number of rotatable bonds is 5. The molecule has 2 aromatic rings. The quantitative estimate of drug-likeness (QED) is 0.498. The van der Waals surface area contributed by atoms with Crippen molar-refractivity contribution in [2.75, 3.05) is 0 Å². The van der Waals surface area contributed by atoms with Crippen LogP contribution in [0.25, 0.3) is 6.08 Å². The van der Waals surface area contributed by atoms with Gasteiger partial charge in [-0.2, -0.15) is 0 Å². The first-order valence-electron chi connectivity index (χ1n) is 8.29. The molecule has 2 aromatic carbocycles. The molecule has 3 rings (SSSR count). The maximum atomic E-state index is 12.6. The molecule has 2 amide bonds. The minimum absolute atomic E-state index is 0.0662. The molecule has 0 spiro atoms. The zero-order valence-electron chi connectivity index (χ0n) is 14.7. The van der Waals surface area contributed by atoms with Gasteiger partial charge in [0.25, 0.3) is 11.1 Å². The van der Waals surface area contributed by atoms with Gasteiger partial charge in [0, 0.05) is 5.02 Å². The SMILES string of the molecule is CC(C)Oc1ccc(/C=C2\SC(=O)N(Cc3ccc(Cl)cc3)C2=O)cc1Br. The van der Waals surface area contributed by atoms with E-state index in [1.54, 1.807) is 30.3 Å². The number of benzene rings is 2. The second-order valence-electron chi connectivity index (χ2n) is 6.25. The molecule has 1 aliphatic heterocycles. The molecule has 0 aromatic heterocycles. The summed E-state index contributed by atoms with van der Waals surface area (Å²) >= 11 is 10.3. The highest BCUT2D eigenvalue weighted by atomic mass is 79.9. The predicted molar refractivity (Wildman–Crippen MR) is 113 cm³/mol. The Kier molecular flexibility index (Phi) is 6.29. The number of hydrogen-bond donors (Lipinski definition) is 0. The first-order valence-corrected chi connectivity index (χ1v) is 10.3. The molecule has 0 aliphatic carbocycles. The van der Waals surface area contributed by atoms with E-state index in [1.165, 1.54) is 4.90 Å². The van der Waals surface area contributed by atoms with E-state index in [0.717, 1.165) is 33.1 Å². The largest absolute Gasteiger partial charge is 0.490 e. The average Bonchev–Trinajstić information content (AvgIpc) is 2.86. The van der Waals surface area contributed by atoms with Crippen LogP contribution in [-0.4, -0.2) is 22.2 Å². The van der Waals surface area contributed by atoms with E-state index in [0.29, 0.717) is 9.93 Å². The maximum Gasteiger partial charge on any atom is 0.293 e. The molecule has 1 fully saturated rings. The zero-order valence-corrected chi connectivity index (χ0v) is 17.9. The molecule has 0 unspecified atom stereocenters. The Bertz CT molecular complexity index is 912. The van der Waals surface area contributed by atoms with Gasteiger partial charge in [0.15, 0.2) is 0 Å². The van der Waals surface area contributed by atoms with E-state index in [1.807, 2.05) is 32.0 Å². The van der Waals surface area contributed by atoms with Crippen LogP contribution in [0, 0.1) is 0 Å². The van der Waals surface area contributed by atoms with Crippen LogP contribution in [0.5, 0.6) is 5.75 Å². The first-order chi connectivity index (χ1) is 12.8. The van der Waals surface area contributed by atoms with Gasteiger partial charge in [0.2, 0.25) is 0 Å². The van der Waals surface area contributed by atoms with Gasteiger partial charge in [-0.3, -0.25) is 14.5 Å². The van der Waals surface area contributed by atoms with Crippen molar-refractivity contribution < 1.29 is 14.3 Å². The van der Waals surface area contributed by atoms with Crippen LogP contribution in [0.2, 0.25) is 5.02 Å². The van der Waals surface area contributed by atoms with Crippen molar-refractivity contribution in [1.82, 2.24) is 4.90 Å². The minimum Gasteiger partial charge on any atom is -0.490 e. The molecular weight excluding hydrogens is 450 g/mol. The highest BCUT2D eigenvalue weighted by Crippen LogP contribution is 2.35. The fourth-order valence-electron chi connectivity index (χ4n) is 2.52. The molecule has 1 heterocycles. The smallest absolute Gasteiger partial charge is 0.293 e. The molecule has 27 heavy (non-hydrogen) atoms. The highest BCUT2D eigenvalue weighted by Gasteiger charge is 2.34. The van der Waals surface area contributed by atoms with Crippen molar-refractivity contribution in [3.63, 3.8) is 0 Å². The fraction of sp³-hybridized carbons (Fsp3) is 0.200. The Morgan fingerprint density at radius 2 is 1.89 bits per heavy atom. The standard InChI is InChI=1S/C20H17BrClNO3S/c1-12(2)26-17-8-5-14(9-16(17)21)10-18-19(24)23(20(25)27-18)11-13-3-6-15(22)7-4-13/h3-10,12H,11H2,1-2H3/b18-10-. The fourth-order valence-corrected chi connectivity index (χ4v) is 3.97. The van der Waals surface area contributed by atoms with Crippen LogP contribution in [0.4, 0.5) is 4.79 Å². The van der Waals surface area contributed by atoms with Gasteiger partial charge >= 0.3 is 0 Å². The molecule has 0 atom stereocenters. The highest BCUT2D eigenvalue weighted by molar-refractivity contribution is 9.10. The van der Waals surface area contributed by atoms with E-state index in [9.17, 15) is 9.59 Å². The Balaban J connectivity index is 1.77. The van der Waals surface area contributed by atoms with Crippen molar-refractivity contribution in [2.24, 2.45) is 0 Å². The summed E-state index contributed by atoms with van der Waals surface area (Å²) in [7, 11) is 0. The lowest BCUT2D eigenvalue weighted by molar-refractivity contribution is -0.123. The monoisotopic (exact) mass is 465 g/mol. The molecule has 1 saturated heterocycles. The van der Waals surface area contributed by atoms with Gasteiger partial charge in [-0.25, -0.2) is 0 Å². The van der Waals surface area contributed by atoms with Crippen LogP contribution in [0.3, 0.4) is 0 Å². The Labute approximate surface area is 175 Å². The van der Waals surface area contributed by atoms with E-state index in [4.69, 9.17) is 16.3 Å². The molecular formula is C20H17BrClNO3S. The number of carbonyl (C=O) groups excluding carboxylic acids is 2. The van der Waals surface area contributed by atoms with Gasteiger partial charge < -0.3 is 4.74 Å². The van der Waals surface area contributed by atoms with Crippen LogP contribution in [-0.2, 0) is 11.3 Å². The third-order valence-electron chi connectivity index (χ3n) is 3.74. The number of hydrogen-bond acceptors (Lipinski definition) is 4. The molecule has 0 bridgehead atoms. The minimum atomic E-state index is -0.293. The third kappa shape index (κ3) is 4.94. The number of carbonyl (C=O) groups is 2. The normalized spacial score (nSPS) is 15.9. The number of thioether (sulfide) groups is 1. The second kappa shape index (κ2) is 8.50. The van der Waals surface area contributed by atoms with E-state index in [-0.39, 0.29) is 23.8 Å². The number of ether oxygens (including phenoxy) is 1. The molecule has 0 radical (unpaired) electrons. The van der Waals surface area contributed by atoms with Crippen LogP contribution in [0.15, 0.2) is 51.8 Å². The molecule has 4 nitrogen and oxygen atoms in total. The Morgan fingerprint density at radius 3 is 2.52 bits per heavy atom. The van der Waals surface area contributed by atoms with E-state index >= 15 is 0 Å². The van der Waals surface area contributed by atoms with E-state index in [2.05, 4.69) is 15.9 Å². The number of nitrogens with zero attached hydrogens (tertiary/aromatic N) is 1. The molecule has 7 heteroatoms. The predicted octanol–water partition coefficient (Wildman–Crippen LogP) is 6.13. The Morgan fingerprint density at radius 1 is 1.19 bits per heavy atom. The third-order valence-corrected chi connectivity index (χ3v) is 5.52. The summed E-state index contributed by atoms with van der Waals surface area (Å²) in [5.74, 6) is 0.441. The van der Waals surface area contributed by atoms with Crippen LogP contribution < -0.4 is 4.74 Å². The van der Waals surface area contributed by atoms with Gasteiger partial charge in [-0.1, -0.05) is 29.8 Å². The summed E-state index contributed by atoms with van der Waals surface area (Å²) < 4.78 is 6.49. The van der Waals surface area contributed by atoms with Crippen LogP contribution >= 0.6 is 39.3 Å². The number of amides is 2. The number of halogens is 2. The van der Waals surface area contributed by atoms with Gasteiger partial charge in [0.1, 0.15) is 5.75 Å². The summed E-state index contributed by atoms with van der Waals surface area (Å²) in [6.07, 6.45) is 1.79. The van der Waals surface area contributed by atoms with Gasteiger partial charge in [-0.05, 0) is 83.0 Å². The lowest BCUT2D eigenvalue weighted by Crippen LogP contribution is -2.27.